The minimum atomic E-state index is -1.24. The average molecular weight is 256 g/mol. The maximum atomic E-state index is 13.1. The Hall–Kier alpha value is -1.92. The number of aliphatic hydroxyl groups excluding tert-OH is 1. The van der Waals surface area contributed by atoms with Crippen molar-refractivity contribution < 1.29 is 29.2 Å². The van der Waals surface area contributed by atoms with E-state index in [4.69, 9.17) is 14.9 Å². The highest BCUT2D eigenvalue weighted by Gasteiger charge is 2.19. The number of methoxy groups -OCH3 is 1. The molecule has 6 heteroatoms. The van der Waals surface area contributed by atoms with Crippen molar-refractivity contribution in [2.24, 2.45) is 0 Å². The molecule has 0 unspecified atom stereocenters. The van der Waals surface area contributed by atoms with Crippen LogP contribution in [0.2, 0.25) is 0 Å². The molecule has 0 bridgehead atoms. The lowest BCUT2D eigenvalue weighted by Crippen LogP contribution is -2.19. The molecule has 0 saturated carbocycles. The number of aromatic hydroxyl groups is 1. The molecule has 0 spiro atoms. The molecule has 3 N–H and O–H groups in total. The molecule has 0 radical (unpaired) electrons. The number of aliphatic hydroxyl groups is 1. The molecule has 98 valence electrons. The zero-order valence-corrected chi connectivity index (χ0v) is 9.58. The van der Waals surface area contributed by atoms with Gasteiger partial charge in [0.2, 0.25) is 0 Å². The predicted molar refractivity (Wildman–Crippen MR) is 60.6 cm³/mol. The van der Waals surface area contributed by atoms with Crippen LogP contribution in [0.1, 0.15) is 11.7 Å². The maximum absolute atomic E-state index is 13.1. The van der Waals surface area contributed by atoms with Crippen LogP contribution < -0.4 is 0 Å². The topological polar surface area (TPSA) is 87.0 Å². The third-order valence-electron chi connectivity index (χ3n) is 2.33. The van der Waals surface area contributed by atoms with Gasteiger partial charge in [0, 0.05) is 13.2 Å². The van der Waals surface area contributed by atoms with Gasteiger partial charge >= 0.3 is 5.97 Å². The van der Waals surface area contributed by atoms with E-state index in [0.29, 0.717) is 0 Å². The summed E-state index contributed by atoms with van der Waals surface area (Å²) in [6.45, 7) is 0. The van der Waals surface area contributed by atoms with Gasteiger partial charge in [0.1, 0.15) is 12.2 Å². The van der Waals surface area contributed by atoms with E-state index in [-0.39, 0.29) is 5.56 Å². The number of carboxylic acid groups (broad SMARTS) is 1. The predicted octanol–water partition coefficient (Wildman–Crippen LogP) is 1.22. The summed E-state index contributed by atoms with van der Waals surface area (Å²) in [5.41, 5.74) is 0.173. The molecule has 1 aromatic carbocycles. The quantitative estimate of drug-likeness (QED) is 0.689. The van der Waals surface area contributed by atoms with E-state index in [1.54, 1.807) is 0 Å². The lowest BCUT2D eigenvalue weighted by molar-refractivity contribution is -0.131. The molecule has 0 aromatic heterocycles. The van der Waals surface area contributed by atoms with E-state index in [0.717, 1.165) is 24.3 Å². The number of rotatable bonds is 5. The zero-order chi connectivity index (χ0) is 13.7. The molecule has 2 atom stereocenters. The van der Waals surface area contributed by atoms with Crippen molar-refractivity contribution in [3.8, 4) is 5.75 Å². The van der Waals surface area contributed by atoms with Crippen LogP contribution in [0, 0.1) is 5.82 Å². The summed E-state index contributed by atoms with van der Waals surface area (Å²) in [6, 6.07) is 3.38. The second-order valence-electron chi connectivity index (χ2n) is 3.55. The molecule has 0 amide bonds. The van der Waals surface area contributed by atoms with Crippen LogP contribution in [0.3, 0.4) is 0 Å². The van der Waals surface area contributed by atoms with Crippen molar-refractivity contribution in [1.82, 2.24) is 0 Å². The fraction of sp³-hybridized carbons (Fsp3) is 0.250. The molecule has 0 heterocycles. The van der Waals surface area contributed by atoms with E-state index in [1.165, 1.54) is 13.2 Å². The molecule has 18 heavy (non-hydrogen) atoms. The summed E-state index contributed by atoms with van der Waals surface area (Å²) < 4.78 is 18.0. The largest absolute Gasteiger partial charge is 0.505 e. The van der Waals surface area contributed by atoms with Crippen LogP contribution in [-0.2, 0) is 9.53 Å². The molecule has 0 aliphatic rings. The van der Waals surface area contributed by atoms with Gasteiger partial charge in [-0.2, -0.15) is 0 Å². The first-order valence-electron chi connectivity index (χ1n) is 5.06. The van der Waals surface area contributed by atoms with Crippen molar-refractivity contribution in [1.29, 1.82) is 0 Å². The van der Waals surface area contributed by atoms with Crippen molar-refractivity contribution in [2.75, 3.05) is 7.11 Å². The van der Waals surface area contributed by atoms with Gasteiger partial charge in [0.15, 0.2) is 11.6 Å². The smallest absolute Gasteiger partial charge is 0.328 e. The van der Waals surface area contributed by atoms with Gasteiger partial charge in [-0.05, 0) is 23.8 Å². The first kappa shape index (κ1) is 14.1. The number of ether oxygens (including phenoxy) is 1. The first-order chi connectivity index (χ1) is 8.45. The number of phenolic OH excluding ortho intramolecular Hbond substituents is 1. The number of carbonyl (C=O) groups is 1. The first-order valence-corrected chi connectivity index (χ1v) is 5.06. The normalized spacial score (nSPS) is 14.6. The molecule has 0 aliphatic carbocycles. The van der Waals surface area contributed by atoms with Crippen LogP contribution in [-0.4, -0.2) is 34.5 Å². The van der Waals surface area contributed by atoms with Crippen LogP contribution in [0.25, 0.3) is 0 Å². The van der Waals surface area contributed by atoms with Crippen molar-refractivity contribution >= 4 is 5.97 Å². The Kier molecular flexibility index (Phi) is 4.82. The number of benzene rings is 1. The van der Waals surface area contributed by atoms with Gasteiger partial charge in [-0.25, -0.2) is 9.18 Å². The standard InChI is InChI=1S/C12H13FO5/c1-18-10(4-5-11(15)16)12(17)7-2-3-9(14)8(13)6-7/h2-6,10,12,14,17H,1H3,(H,15,16)/b5-4+/t10-,12-/m0/s1. The van der Waals surface area contributed by atoms with Crippen LogP contribution in [0.15, 0.2) is 30.4 Å². The number of hydrogen-bond donors (Lipinski definition) is 3. The fourth-order valence-corrected chi connectivity index (χ4v) is 1.39. The van der Waals surface area contributed by atoms with Gasteiger partial charge in [-0.3, -0.25) is 0 Å². The van der Waals surface area contributed by atoms with E-state index < -0.39 is 29.7 Å². The lowest BCUT2D eigenvalue weighted by Gasteiger charge is -2.18. The molecule has 0 aliphatic heterocycles. The molecule has 0 fully saturated rings. The Morgan fingerprint density at radius 3 is 2.67 bits per heavy atom. The van der Waals surface area contributed by atoms with Crippen molar-refractivity contribution in [2.45, 2.75) is 12.2 Å². The Labute approximate surface area is 103 Å². The van der Waals surface area contributed by atoms with Crippen molar-refractivity contribution in [3.63, 3.8) is 0 Å². The highest BCUT2D eigenvalue weighted by molar-refractivity contribution is 5.79. The summed E-state index contributed by atoms with van der Waals surface area (Å²) >= 11 is 0. The van der Waals surface area contributed by atoms with Crippen LogP contribution in [0.5, 0.6) is 5.75 Å². The lowest BCUT2D eigenvalue weighted by atomic mass is 10.0. The van der Waals surface area contributed by atoms with Gasteiger partial charge < -0.3 is 20.1 Å². The van der Waals surface area contributed by atoms with Crippen LogP contribution in [0.4, 0.5) is 4.39 Å². The zero-order valence-electron chi connectivity index (χ0n) is 9.58. The van der Waals surface area contributed by atoms with E-state index in [1.807, 2.05) is 0 Å². The Morgan fingerprint density at radius 1 is 1.50 bits per heavy atom. The Bertz CT molecular complexity index is 458. The summed E-state index contributed by atoms with van der Waals surface area (Å²) in [7, 11) is 1.29. The molecule has 1 aromatic rings. The Morgan fingerprint density at radius 2 is 2.17 bits per heavy atom. The minimum Gasteiger partial charge on any atom is -0.505 e. The van der Waals surface area contributed by atoms with Crippen LogP contribution >= 0.6 is 0 Å². The average Bonchev–Trinajstić information content (AvgIpc) is 2.32. The number of aliphatic carboxylic acids is 1. The summed E-state index contributed by atoms with van der Waals surface area (Å²) in [5.74, 6) is -2.58. The van der Waals surface area contributed by atoms with Gasteiger partial charge in [-0.15, -0.1) is 0 Å². The maximum Gasteiger partial charge on any atom is 0.328 e. The molecule has 1 rings (SSSR count). The molecule has 5 nitrogen and oxygen atoms in total. The molecular weight excluding hydrogens is 243 g/mol. The second kappa shape index (κ2) is 6.13. The number of halogens is 1. The highest BCUT2D eigenvalue weighted by atomic mass is 19.1. The highest BCUT2D eigenvalue weighted by Crippen LogP contribution is 2.24. The summed E-state index contributed by atoms with van der Waals surface area (Å²) in [5, 5.41) is 27.4. The van der Waals surface area contributed by atoms with E-state index in [2.05, 4.69) is 0 Å². The van der Waals surface area contributed by atoms with E-state index >= 15 is 0 Å². The molecule has 0 saturated heterocycles. The monoisotopic (exact) mass is 256 g/mol. The minimum absolute atomic E-state index is 0.173. The van der Waals surface area contributed by atoms with E-state index in [9.17, 15) is 14.3 Å². The van der Waals surface area contributed by atoms with Gasteiger partial charge in [-0.1, -0.05) is 6.07 Å². The van der Waals surface area contributed by atoms with Gasteiger partial charge in [0.25, 0.3) is 0 Å². The Balaban J connectivity index is 2.92. The second-order valence-corrected chi connectivity index (χ2v) is 3.55. The number of hydrogen-bond acceptors (Lipinski definition) is 4. The van der Waals surface area contributed by atoms with Crippen molar-refractivity contribution in [3.05, 3.63) is 41.7 Å². The third kappa shape index (κ3) is 3.54. The third-order valence-corrected chi connectivity index (χ3v) is 2.33. The molecular formula is C12H13FO5. The number of phenols is 1. The number of carboxylic acids is 1. The summed E-state index contributed by atoms with van der Waals surface area (Å²) in [4.78, 5) is 10.4. The fourth-order valence-electron chi connectivity index (χ4n) is 1.39. The summed E-state index contributed by atoms with van der Waals surface area (Å²) in [6.07, 6.45) is -0.183. The SMILES string of the molecule is CO[C@@H](/C=C/C(=O)O)[C@@H](O)c1ccc(O)c(F)c1. The van der Waals surface area contributed by atoms with Gasteiger partial charge in [0.05, 0.1) is 0 Å².